The molecule has 3 rings (SSSR count). The second-order valence-electron chi connectivity index (χ2n) is 5.14. The number of aromatic amines is 1. The zero-order chi connectivity index (χ0) is 17.1. The molecule has 1 aromatic carbocycles. The molecule has 126 valence electrons. The first kappa shape index (κ1) is 16.4. The monoisotopic (exact) mass is 348 g/mol. The summed E-state index contributed by atoms with van der Waals surface area (Å²) in [5.74, 6) is 1.88. The Kier molecular flexibility index (Phi) is 4.77. The number of methoxy groups -OCH3 is 2. The van der Waals surface area contributed by atoms with E-state index in [-0.39, 0.29) is 11.3 Å². The number of rotatable bonds is 6. The van der Waals surface area contributed by atoms with E-state index in [1.165, 1.54) is 0 Å². The van der Waals surface area contributed by atoms with Crippen LogP contribution in [0.2, 0.25) is 5.15 Å². The molecule has 1 atom stereocenters. The van der Waals surface area contributed by atoms with Crippen molar-refractivity contribution in [3.8, 4) is 17.3 Å². The number of H-pyrrole nitrogens is 1. The van der Waals surface area contributed by atoms with Crippen LogP contribution in [0.15, 0.2) is 24.3 Å². The molecular formula is C15H17ClN6O2. The highest BCUT2D eigenvalue weighted by atomic mass is 35.5. The van der Waals surface area contributed by atoms with Crippen LogP contribution >= 0.6 is 11.6 Å². The van der Waals surface area contributed by atoms with Gasteiger partial charge in [-0.2, -0.15) is 15.4 Å². The van der Waals surface area contributed by atoms with Gasteiger partial charge in [-0.15, -0.1) is 5.10 Å². The zero-order valence-electron chi connectivity index (χ0n) is 13.5. The third kappa shape index (κ3) is 3.24. The highest BCUT2D eigenvalue weighted by Gasteiger charge is 2.21. The maximum atomic E-state index is 6.08. The van der Waals surface area contributed by atoms with Crippen LogP contribution < -0.4 is 4.74 Å². The lowest BCUT2D eigenvalue weighted by molar-refractivity contribution is 0.112. The molecule has 24 heavy (non-hydrogen) atoms. The molecule has 2 heterocycles. The smallest absolute Gasteiger partial charge is 0.182 e. The first-order valence-electron chi connectivity index (χ1n) is 7.29. The summed E-state index contributed by atoms with van der Waals surface area (Å²) in [5.41, 5.74) is 1.49. The molecule has 8 nitrogen and oxygen atoms in total. The van der Waals surface area contributed by atoms with Crippen molar-refractivity contribution in [1.29, 1.82) is 0 Å². The maximum Gasteiger partial charge on any atom is 0.182 e. The number of hydrogen-bond donors (Lipinski definition) is 1. The fraction of sp³-hybridized carbons (Fsp3) is 0.333. The molecule has 0 radical (unpaired) electrons. The van der Waals surface area contributed by atoms with Crippen LogP contribution in [0.1, 0.15) is 24.4 Å². The Labute approximate surface area is 143 Å². The highest BCUT2D eigenvalue weighted by Crippen LogP contribution is 2.25. The number of nitrogens with one attached hydrogen (secondary N) is 1. The molecule has 0 aliphatic carbocycles. The Bertz CT molecular complexity index is 814. The molecule has 0 saturated heterocycles. The van der Waals surface area contributed by atoms with E-state index in [1.54, 1.807) is 18.9 Å². The molecule has 0 amide bonds. The molecule has 0 fully saturated rings. The Morgan fingerprint density at radius 1 is 1.21 bits per heavy atom. The van der Waals surface area contributed by atoms with Gasteiger partial charge in [-0.05, 0) is 24.6 Å². The van der Waals surface area contributed by atoms with Gasteiger partial charge in [0.1, 0.15) is 11.9 Å². The molecule has 3 aromatic rings. The maximum absolute atomic E-state index is 6.08. The molecule has 0 aliphatic heterocycles. The van der Waals surface area contributed by atoms with E-state index in [0.717, 1.165) is 11.3 Å². The van der Waals surface area contributed by atoms with Gasteiger partial charge >= 0.3 is 0 Å². The molecular weight excluding hydrogens is 332 g/mol. The van der Waals surface area contributed by atoms with Crippen molar-refractivity contribution < 1.29 is 9.47 Å². The number of halogens is 1. The first-order chi connectivity index (χ1) is 11.6. The summed E-state index contributed by atoms with van der Waals surface area (Å²) in [6.45, 7) is 2.38. The van der Waals surface area contributed by atoms with Crippen LogP contribution in [0.25, 0.3) is 11.5 Å². The van der Waals surface area contributed by atoms with Gasteiger partial charge in [0, 0.05) is 7.11 Å². The lowest BCUT2D eigenvalue weighted by atomic mass is 10.2. The van der Waals surface area contributed by atoms with Crippen LogP contribution in [-0.2, 0) is 11.3 Å². The first-order valence-corrected chi connectivity index (χ1v) is 7.67. The minimum Gasteiger partial charge on any atom is -0.497 e. The normalized spacial score (nSPS) is 12.3. The van der Waals surface area contributed by atoms with Gasteiger partial charge in [0.25, 0.3) is 0 Å². The third-order valence-electron chi connectivity index (χ3n) is 3.61. The molecule has 0 aliphatic rings. The SMILES string of the molecule is COc1ccc(Cn2nc(C(C)OC)nc2-c2n[nH]nc2Cl)cc1. The number of nitrogens with zero attached hydrogens (tertiary/aromatic N) is 5. The summed E-state index contributed by atoms with van der Waals surface area (Å²) >= 11 is 6.08. The fourth-order valence-electron chi connectivity index (χ4n) is 2.19. The number of hydrogen-bond acceptors (Lipinski definition) is 6. The van der Waals surface area contributed by atoms with Crippen LogP contribution in [0.3, 0.4) is 0 Å². The standard InChI is InChI=1S/C15H17ClN6O2/c1-9(23-2)14-17-15(12-13(16)19-21-18-12)22(20-14)8-10-4-6-11(24-3)7-5-10/h4-7,9H,8H2,1-3H3,(H,18,19,21). The van der Waals surface area contributed by atoms with Gasteiger partial charge in [-0.1, -0.05) is 23.7 Å². The molecule has 1 N–H and O–H groups in total. The topological polar surface area (TPSA) is 90.7 Å². The summed E-state index contributed by atoms with van der Waals surface area (Å²) in [6.07, 6.45) is -0.244. The Morgan fingerprint density at radius 3 is 2.54 bits per heavy atom. The second-order valence-corrected chi connectivity index (χ2v) is 5.50. The number of benzene rings is 1. The summed E-state index contributed by atoms with van der Waals surface area (Å²) < 4.78 is 12.2. The van der Waals surface area contributed by atoms with Crippen LogP contribution in [0, 0.1) is 0 Å². The summed E-state index contributed by atoms with van der Waals surface area (Å²) in [5, 5.41) is 15.2. The van der Waals surface area contributed by atoms with Crippen molar-refractivity contribution in [2.45, 2.75) is 19.6 Å². The lowest BCUT2D eigenvalue weighted by Gasteiger charge is -2.06. The number of aromatic nitrogens is 6. The predicted molar refractivity (Wildman–Crippen MR) is 87.9 cm³/mol. The van der Waals surface area contributed by atoms with E-state index < -0.39 is 0 Å². The Hall–Kier alpha value is -2.45. The van der Waals surface area contributed by atoms with Crippen molar-refractivity contribution >= 4 is 11.6 Å². The largest absolute Gasteiger partial charge is 0.497 e. The fourth-order valence-corrected chi connectivity index (χ4v) is 2.35. The van der Waals surface area contributed by atoms with E-state index in [9.17, 15) is 0 Å². The van der Waals surface area contributed by atoms with E-state index in [0.29, 0.717) is 23.9 Å². The molecule has 0 spiro atoms. The quantitative estimate of drug-likeness (QED) is 0.736. The third-order valence-corrected chi connectivity index (χ3v) is 3.88. The summed E-state index contributed by atoms with van der Waals surface area (Å²) in [6, 6.07) is 7.73. The Morgan fingerprint density at radius 2 is 1.96 bits per heavy atom. The van der Waals surface area contributed by atoms with Crippen molar-refractivity contribution in [2.75, 3.05) is 14.2 Å². The average molecular weight is 349 g/mol. The second kappa shape index (κ2) is 6.98. The molecule has 9 heteroatoms. The summed E-state index contributed by atoms with van der Waals surface area (Å²) in [4.78, 5) is 4.51. The van der Waals surface area contributed by atoms with Gasteiger partial charge in [-0.25, -0.2) is 9.67 Å². The van der Waals surface area contributed by atoms with Crippen molar-refractivity contribution in [3.05, 3.63) is 40.8 Å². The van der Waals surface area contributed by atoms with Crippen molar-refractivity contribution in [3.63, 3.8) is 0 Å². The minimum atomic E-state index is -0.244. The van der Waals surface area contributed by atoms with Gasteiger partial charge in [-0.3, -0.25) is 0 Å². The number of ether oxygens (including phenoxy) is 2. The van der Waals surface area contributed by atoms with Gasteiger partial charge in [0.05, 0.1) is 13.7 Å². The van der Waals surface area contributed by atoms with Gasteiger partial charge in [0.2, 0.25) is 0 Å². The van der Waals surface area contributed by atoms with Crippen LogP contribution in [0.4, 0.5) is 0 Å². The molecule has 1 unspecified atom stereocenters. The van der Waals surface area contributed by atoms with Crippen LogP contribution in [-0.4, -0.2) is 44.4 Å². The Balaban J connectivity index is 1.98. The molecule has 0 bridgehead atoms. The van der Waals surface area contributed by atoms with E-state index in [1.807, 2.05) is 31.2 Å². The molecule has 0 saturated carbocycles. The predicted octanol–water partition coefficient (Wildman–Crippen LogP) is 2.48. The van der Waals surface area contributed by atoms with Crippen molar-refractivity contribution in [1.82, 2.24) is 30.2 Å². The van der Waals surface area contributed by atoms with Gasteiger partial charge in [0.15, 0.2) is 22.5 Å². The minimum absolute atomic E-state index is 0.244. The summed E-state index contributed by atoms with van der Waals surface area (Å²) in [7, 11) is 3.24. The van der Waals surface area contributed by atoms with E-state index >= 15 is 0 Å². The molecule has 2 aromatic heterocycles. The van der Waals surface area contributed by atoms with Crippen LogP contribution in [0.5, 0.6) is 5.75 Å². The van der Waals surface area contributed by atoms with E-state index in [2.05, 4.69) is 25.5 Å². The highest BCUT2D eigenvalue weighted by molar-refractivity contribution is 6.31. The van der Waals surface area contributed by atoms with E-state index in [4.69, 9.17) is 21.1 Å². The van der Waals surface area contributed by atoms with Crippen molar-refractivity contribution in [2.24, 2.45) is 0 Å². The lowest BCUT2D eigenvalue weighted by Crippen LogP contribution is -2.06. The average Bonchev–Trinajstić information content (AvgIpc) is 3.21. The van der Waals surface area contributed by atoms with Gasteiger partial charge < -0.3 is 9.47 Å². The zero-order valence-corrected chi connectivity index (χ0v) is 14.3.